The first-order valence-corrected chi connectivity index (χ1v) is 6.83. The number of anilines is 1. The smallest absolute Gasteiger partial charge is 0.238 e. The lowest BCUT2D eigenvalue weighted by molar-refractivity contribution is 0.458. The van der Waals surface area contributed by atoms with Crippen molar-refractivity contribution in [2.45, 2.75) is 13.8 Å². The van der Waals surface area contributed by atoms with Crippen molar-refractivity contribution in [2.24, 2.45) is 0 Å². The van der Waals surface area contributed by atoms with Crippen LogP contribution in [-0.4, -0.2) is 17.0 Å². The summed E-state index contributed by atoms with van der Waals surface area (Å²) >= 11 is 9.50. The third-order valence-electron chi connectivity index (χ3n) is 2.56. The van der Waals surface area contributed by atoms with Crippen molar-refractivity contribution in [3.8, 4) is 11.6 Å². The number of rotatable bonds is 3. The lowest BCUT2D eigenvalue weighted by Crippen LogP contribution is -1.98. The van der Waals surface area contributed by atoms with Gasteiger partial charge in [-0.05, 0) is 53.0 Å². The summed E-state index contributed by atoms with van der Waals surface area (Å²) in [6, 6.07) is 3.76. The Morgan fingerprint density at radius 1 is 1.26 bits per heavy atom. The summed E-state index contributed by atoms with van der Waals surface area (Å²) in [6.45, 7) is 3.88. The molecular weight excluding hydrogens is 330 g/mol. The summed E-state index contributed by atoms with van der Waals surface area (Å²) in [5.74, 6) is 1.65. The quantitative estimate of drug-likeness (QED) is 0.901. The zero-order valence-corrected chi connectivity index (χ0v) is 13.1. The molecule has 0 saturated carbocycles. The maximum absolute atomic E-state index is 6.13. The molecule has 0 bridgehead atoms. The summed E-state index contributed by atoms with van der Waals surface area (Å²) < 4.78 is 6.46. The second kappa shape index (κ2) is 5.75. The number of nitrogens with one attached hydrogen (secondary N) is 1. The van der Waals surface area contributed by atoms with Gasteiger partial charge < -0.3 is 10.1 Å². The third kappa shape index (κ3) is 3.16. The van der Waals surface area contributed by atoms with E-state index < -0.39 is 0 Å². The minimum absolute atomic E-state index is 0.459. The number of hydrogen-bond acceptors (Lipinski definition) is 4. The van der Waals surface area contributed by atoms with Gasteiger partial charge in [-0.25, -0.2) is 4.98 Å². The molecule has 0 unspecified atom stereocenters. The van der Waals surface area contributed by atoms with Crippen LogP contribution in [0.2, 0.25) is 5.02 Å². The van der Waals surface area contributed by atoms with E-state index in [1.54, 1.807) is 13.2 Å². The third-order valence-corrected chi connectivity index (χ3v) is 3.70. The molecule has 0 spiro atoms. The fourth-order valence-corrected chi connectivity index (χ4v) is 2.00. The van der Waals surface area contributed by atoms with E-state index in [1.165, 1.54) is 0 Å². The van der Waals surface area contributed by atoms with E-state index in [0.717, 1.165) is 16.1 Å². The van der Waals surface area contributed by atoms with E-state index in [2.05, 4.69) is 31.2 Å². The molecule has 1 aromatic heterocycles. The van der Waals surface area contributed by atoms with Crippen molar-refractivity contribution >= 4 is 33.5 Å². The van der Waals surface area contributed by atoms with Crippen molar-refractivity contribution in [3.63, 3.8) is 0 Å². The first-order chi connectivity index (χ1) is 9.01. The molecule has 2 aromatic rings. The van der Waals surface area contributed by atoms with Gasteiger partial charge in [0.2, 0.25) is 11.8 Å². The summed E-state index contributed by atoms with van der Waals surface area (Å²) in [5.41, 5.74) is 1.94. The van der Waals surface area contributed by atoms with Gasteiger partial charge in [0.25, 0.3) is 0 Å². The van der Waals surface area contributed by atoms with Gasteiger partial charge in [-0.2, -0.15) is 4.98 Å². The molecule has 0 aliphatic carbocycles. The van der Waals surface area contributed by atoms with Gasteiger partial charge >= 0.3 is 0 Å². The fourth-order valence-electron chi connectivity index (χ4n) is 1.62. The molecule has 0 aliphatic rings. The van der Waals surface area contributed by atoms with E-state index in [-0.39, 0.29) is 0 Å². The maximum atomic E-state index is 6.13. The fraction of sp³-hybridized carbons (Fsp3) is 0.231. The highest BCUT2D eigenvalue weighted by Gasteiger charge is 2.09. The van der Waals surface area contributed by atoms with Gasteiger partial charge in [0.15, 0.2) is 0 Å². The van der Waals surface area contributed by atoms with Gasteiger partial charge in [0, 0.05) is 12.1 Å². The van der Waals surface area contributed by atoms with Crippen LogP contribution in [0.1, 0.15) is 11.1 Å². The van der Waals surface area contributed by atoms with Gasteiger partial charge in [0.05, 0.1) is 10.7 Å². The number of aryl methyl sites for hydroxylation is 2. The van der Waals surface area contributed by atoms with Crippen molar-refractivity contribution in [1.82, 2.24) is 9.97 Å². The molecule has 19 heavy (non-hydrogen) atoms. The molecule has 0 amide bonds. The molecule has 1 heterocycles. The minimum atomic E-state index is 0.459. The SMILES string of the molecule is CNc1ncc(Br)c(Oc2cc(C)c(Cl)c(C)c2)n1. The van der Waals surface area contributed by atoms with Gasteiger partial charge in [-0.1, -0.05) is 11.6 Å². The maximum Gasteiger partial charge on any atom is 0.238 e. The van der Waals surface area contributed by atoms with Crippen LogP contribution >= 0.6 is 27.5 Å². The van der Waals surface area contributed by atoms with Crippen molar-refractivity contribution < 1.29 is 4.74 Å². The molecule has 0 radical (unpaired) electrons. The zero-order chi connectivity index (χ0) is 14.0. The molecule has 1 N–H and O–H groups in total. The normalized spacial score (nSPS) is 10.4. The average molecular weight is 343 g/mol. The van der Waals surface area contributed by atoms with Crippen LogP contribution in [0.15, 0.2) is 22.8 Å². The number of benzene rings is 1. The molecule has 0 saturated heterocycles. The predicted molar refractivity (Wildman–Crippen MR) is 80.3 cm³/mol. The Morgan fingerprint density at radius 2 is 1.89 bits per heavy atom. The monoisotopic (exact) mass is 341 g/mol. The van der Waals surface area contributed by atoms with Crippen molar-refractivity contribution in [2.75, 3.05) is 12.4 Å². The van der Waals surface area contributed by atoms with Crippen LogP contribution in [-0.2, 0) is 0 Å². The Kier molecular flexibility index (Phi) is 4.27. The molecule has 1 aromatic carbocycles. The Balaban J connectivity index is 2.36. The van der Waals surface area contributed by atoms with E-state index in [0.29, 0.717) is 22.1 Å². The molecule has 6 heteroatoms. The van der Waals surface area contributed by atoms with E-state index >= 15 is 0 Å². The van der Waals surface area contributed by atoms with Gasteiger partial charge in [-0.3, -0.25) is 0 Å². The molecule has 2 rings (SSSR count). The van der Waals surface area contributed by atoms with Gasteiger partial charge in [0.1, 0.15) is 5.75 Å². The minimum Gasteiger partial charge on any atom is -0.438 e. The topological polar surface area (TPSA) is 47.0 Å². The Bertz CT molecular complexity index is 596. The summed E-state index contributed by atoms with van der Waals surface area (Å²) in [7, 11) is 1.75. The lowest BCUT2D eigenvalue weighted by Gasteiger charge is -2.10. The largest absolute Gasteiger partial charge is 0.438 e. The average Bonchev–Trinajstić information content (AvgIpc) is 2.38. The second-order valence-corrected chi connectivity index (χ2v) is 5.30. The highest BCUT2D eigenvalue weighted by Crippen LogP contribution is 2.31. The molecule has 0 atom stereocenters. The Labute approximate surface area is 125 Å². The van der Waals surface area contributed by atoms with Crippen LogP contribution in [0.4, 0.5) is 5.95 Å². The number of halogens is 2. The molecule has 0 aliphatic heterocycles. The van der Waals surface area contributed by atoms with Crippen LogP contribution < -0.4 is 10.1 Å². The second-order valence-electron chi connectivity index (χ2n) is 4.07. The lowest BCUT2D eigenvalue weighted by atomic mass is 10.1. The van der Waals surface area contributed by atoms with Crippen molar-refractivity contribution in [1.29, 1.82) is 0 Å². The van der Waals surface area contributed by atoms with E-state index in [1.807, 2.05) is 26.0 Å². The molecule has 100 valence electrons. The number of ether oxygens (including phenoxy) is 1. The summed E-state index contributed by atoms with van der Waals surface area (Å²) in [6.07, 6.45) is 1.64. The standard InChI is InChI=1S/C13H13BrClN3O/c1-7-4-9(5-8(2)11(7)15)19-12-10(14)6-17-13(16-3)18-12/h4-6H,1-3H3,(H,16,17,18). The summed E-state index contributed by atoms with van der Waals surface area (Å²) in [5, 5.41) is 3.62. The molecular formula is C13H13BrClN3O. The highest BCUT2D eigenvalue weighted by molar-refractivity contribution is 9.10. The number of nitrogens with zero attached hydrogens (tertiary/aromatic N) is 2. The summed E-state index contributed by atoms with van der Waals surface area (Å²) in [4.78, 5) is 8.32. The van der Waals surface area contributed by atoms with E-state index in [4.69, 9.17) is 16.3 Å². The van der Waals surface area contributed by atoms with Crippen LogP contribution in [0.25, 0.3) is 0 Å². The van der Waals surface area contributed by atoms with Crippen LogP contribution in [0.5, 0.6) is 11.6 Å². The first kappa shape index (κ1) is 14.1. The Morgan fingerprint density at radius 3 is 2.47 bits per heavy atom. The highest BCUT2D eigenvalue weighted by atomic mass is 79.9. The Hall–Kier alpha value is -1.33. The van der Waals surface area contributed by atoms with Crippen LogP contribution in [0, 0.1) is 13.8 Å². The zero-order valence-electron chi connectivity index (χ0n) is 10.8. The van der Waals surface area contributed by atoms with Crippen molar-refractivity contribution in [3.05, 3.63) is 39.0 Å². The molecule has 0 fully saturated rings. The predicted octanol–water partition coefficient (Wildman–Crippen LogP) is 4.34. The first-order valence-electron chi connectivity index (χ1n) is 5.66. The van der Waals surface area contributed by atoms with Gasteiger partial charge in [-0.15, -0.1) is 0 Å². The number of aromatic nitrogens is 2. The van der Waals surface area contributed by atoms with E-state index in [9.17, 15) is 0 Å². The van der Waals surface area contributed by atoms with Crippen LogP contribution in [0.3, 0.4) is 0 Å². The number of hydrogen-bond donors (Lipinski definition) is 1. The molecule has 4 nitrogen and oxygen atoms in total.